The summed E-state index contributed by atoms with van der Waals surface area (Å²) in [6.07, 6.45) is 3.82. The number of alkyl halides is 1. The summed E-state index contributed by atoms with van der Waals surface area (Å²) in [6.45, 7) is 9.36. The lowest BCUT2D eigenvalue weighted by Gasteiger charge is -2.41. The summed E-state index contributed by atoms with van der Waals surface area (Å²) in [5.74, 6) is 1.59. The SMILES string of the molecule is C[C@H]1CN(C2CCN(Cc3ccc(OCCCCl)cc3)CC2)CCO1. The topological polar surface area (TPSA) is 24.9 Å². The standard InChI is InChI=1S/C20H31ClN2O2/c1-17-15-23(12-14-24-17)19-7-10-22(11-8-19)16-18-3-5-20(6-4-18)25-13-2-9-21/h3-6,17,19H,2,7-16H2,1H3/t17-/m0/s1. The molecule has 2 heterocycles. The largest absolute Gasteiger partial charge is 0.494 e. The molecule has 0 amide bonds. The number of ether oxygens (including phenoxy) is 2. The number of benzene rings is 1. The van der Waals surface area contributed by atoms with E-state index in [0.717, 1.165) is 44.5 Å². The zero-order valence-corrected chi connectivity index (χ0v) is 16.1. The Bertz CT molecular complexity index is 503. The van der Waals surface area contributed by atoms with Crippen LogP contribution >= 0.6 is 11.6 Å². The molecule has 0 aromatic heterocycles. The van der Waals surface area contributed by atoms with Crippen LogP contribution in [0.2, 0.25) is 0 Å². The maximum absolute atomic E-state index is 5.67. The summed E-state index contributed by atoms with van der Waals surface area (Å²) >= 11 is 5.67. The van der Waals surface area contributed by atoms with Crippen molar-refractivity contribution >= 4 is 11.6 Å². The highest BCUT2D eigenvalue weighted by Crippen LogP contribution is 2.21. The Balaban J connectivity index is 1.41. The predicted octanol–water partition coefficient (Wildman–Crippen LogP) is 3.38. The molecule has 0 N–H and O–H groups in total. The number of rotatable bonds is 7. The number of morpholine rings is 1. The fraction of sp³-hybridized carbons (Fsp3) is 0.700. The van der Waals surface area contributed by atoms with Crippen molar-refractivity contribution in [2.45, 2.75) is 44.9 Å². The van der Waals surface area contributed by atoms with E-state index in [1.165, 1.54) is 31.5 Å². The van der Waals surface area contributed by atoms with Crippen molar-refractivity contribution in [1.82, 2.24) is 9.80 Å². The minimum Gasteiger partial charge on any atom is -0.494 e. The number of hydrogen-bond donors (Lipinski definition) is 0. The lowest BCUT2D eigenvalue weighted by Crippen LogP contribution is -2.50. The molecule has 2 aliphatic rings. The quantitative estimate of drug-likeness (QED) is 0.545. The van der Waals surface area contributed by atoms with Gasteiger partial charge in [0, 0.05) is 31.6 Å². The third kappa shape index (κ3) is 5.85. The molecule has 0 bridgehead atoms. The molecule has 1 aromatic carbocycles. The molecular weight excluding hydrogens is 336 g/mol. The fourth-order valence-corrected chi connectivity index (χ4v) is 3.92. The lowest BCUT2D eigenvalue weighted by atomic mass is 10.0. The van der Waals surface area contributed by atoms with E-state index >= 15 is 0 Å². The van der Waals surface area contributed by atoms with Crippen molar-refractivity contribution in [3.05, 3.63) is 29.8 Å². The minimum absolute atomic E-state index is 0.386. The highest BCUT2D eigenvalue weighted by atomic mass is 35.5. The van der Waals surface area contributed by atoms with Crippen LogP contribution in [0.15, 0.2) is 24.3 Å². The van der Waals surface area contributed by atoms with Crippen LogP contribution in [-0.2, 0) is 11.3 Å². The average molecular weight is 367 g/mol. The minimum atomic E-state index is 0.386. The van der Waals surface area contributed by atoms with Gasteiger partial charge in [0.25, 0.3) is 0 Å². The average Bonchev–Trinajstić information content (AvgIpc) is 2.64. The highest BCUT2D eigenvalue weighted by Gasteiger charge is 2.27. The fourth-order valence-electron chi connectivity index (χ4n) is 3.81. The number of nitrogens with zero attached hydrogens (tertiary/aromatic N) is 2. The van der Waals surface area contributed by atoms with Gasteiger partial charge in [0.2, 0.25) is 0 Å². The van der Waals surface area contributed by atoms with Crippen LogP contribution in [0.5, 0.6) is 5.75 Å². The Hall–Kier alpha value is -0.810. The molecule has 0 spiro atoms. The Morgan fingerprint density at radius 2 is 1.92 bits per heavy atom. The summed E-state index contributed by atoms with van der Waals surface area (Å²) in [6, 6.07) is 9.26. The molecule has 140 valence electrons. The van der Waals surface area contributed by atoms with Crippen LogP contribution in [0.1, 0.15) is 31.7 Å². The van der Waals surface area contributed by atoms with E-state index in [2.05, 4.69) is 41.0 Å². The van der Waals surface area contributed by atoms with Gasteiger partial charge in [-0.3, -0.25) is 9.80 Å². The van der Waals surface area contributed by atoms with E-state index < -0.39 is 0 Å². The van der Waals surface area contributed by atoms with Crippen LogP contribution in [-0.4, -0.2) is 67.2 Å². The van der Waals surface area contributed by atoms with Crippen LogP contribution in [0.3, 0.4) is 0 Å². The monoisotopic (exact) mass is 366 g/mol. The molecular formula is C20H31ClN2O2. The number of hydrogen-bond acceptors (Lipinski definition) is 4. The Morgan fingerprint density at radius 1 is 1.16 bits per heavy atom. The third-order valence-electron chi connectivity index (χ3n) is 5.22. The van der Waals surface area contributed by atoms with Crippen LogP contribution in [0.25, 0.3) is 0 Å². The maximum Gasteiger partial charge on any atom is 0.119 e. The van der Waals surface area contributed by atoms with Crippen molar-refractivity contribution in [1.29, 1.82) is 0 Å². The van der Waals surface area contributed by atoms with Crippen molar-refractivity contribution in [2.75, 3.05) is 45.3 Å². The van der Waals surface area contributed by atoms with Gasteiger partial charge in [-0.2, -0.15) is 0 Å². The van der Waals surface area contributed by atoms with E-state index in [0.29, 0.717) is 18.6 Å². The van der Waals surface area contributed by atoms with Crippen LogP contribution in [0.4, 0.5) is 0 Å². The summed E-state index contributed by atoms with van der Waals surface area (Å²) < 4.78 is 11.3. The van der Waals surface area contributed by atoms with Crippen molar-refractivity contribution in [3.8, 4) is 5.75 Å². The Morgan fingerprint density at radius 3 is 2.60 bits per heavy atom. The van der Waals surface area contributed by atoms with Gasteiger partial charge in [-0.1, -0.05) is 12.1 Å². The Labute approximate surface area is 157 Å². The first kappa shape index (κ1) is 19.0. The number of piperidine rings is 1. The molecule has 1 atom stereocenters. The van der Waals surface area contributed by atoms with Crippen LogP contribution in [0, 0.1) is 0 Å². The molecule has 2 aliphatic heterocycles. The molecule has 4 nitrogen and oxygen atoms in total. The van der Waals surface area contributed by atoms with Crippen molar-refractivity contribution < 1.29 is 9.47 Å². The maximum atomic E-state index is 5.67. The molecule has 1 aromatic rings. The van der Waals surface area contributed by atoms with E-state index in [1.54, 1.807) is 0 Å². The van der Waals surface area contributed by atoms with Gasteiger partial charge in [-0.15, -0.1) is 11.6 Å². The predicted molar refractivity (Wildman–Crippen MR) is 103 cm³/mol. The second-order valence-corrected chi connectivity index (χ2v) is 7.60. The highest BCUT2D eigenvalue weighted by molar-refractivity contribution is 6.17. The van der Waals surface area contributed by atoms with Gasteiger partial charge in [-0.25, -0.2) is 0 Å². The van der Waals surface area contributed by atoms with E-state index in [1.807, 2.05) is 0 Å². The molecule has 2 saturated heterocycles. The number of halogens is 1. The lowest BCUT2D eigenvalue weighted by molar-refractivity contribution is -0.0437. The van der Waals surface area contributed by atoms with Gasteiger partial charge in [-0.05, 0) is 57.0 Å². The molecule has 5 heteroatoms. The van der Waals surface area contributed by atoms with Gasteiger partial charge >= 0.3 is 0 Å². The van der Waals surface area contributed by atoms with Gasteiger partial charge in [0.05, 0.1) is 19.3 Å². The van der Waals surface area contributed by atoms with Gasteiger partial charge in [0.1, 0.15) is 5.75 Å². The zero-order valence-electron chi connectivity index (χ0n) is 15.3. The van der Waals surface area contributed by atoms with Crippen molar-refractivity contribution in [3.63, 3.8) is 0 Å². The summed E-state index contributed by atoms with van der Waals surface area (Å²) in [7, 11) is 0. The van der Waals surface area contributed by atoms with Crippen LogP contribution < -0.4 is 4.74 Å². The third-order valence-corrected chi connectivity index (χ3v) is 5.49. The summed E-state index contributed by atoms with van der Waals surface area (Å²) in [4.78, 5) is 5.21. The normalized spacial score (nSPS) is 23.7. The smallest absolute Gasteiger partial charge is 0.119 e. The second kappa shape index (κ2) is 9.77. The van der Waals surface area contributed by atoms with E-state index in [4.69, 9.17) is 21.1 Å². The first-order valence-corrected chi connectivity index (χ1v) is 10.1. The zero-order chi connectivity index (χ0) is 17.5. The van der Waals surface area contributed by atoms with E-state index in [-0.39, 0.29) is 0 Å². The molecule has 0 aliphatic carbocycles. The second-order valence-electron chi connectivity index (χ2n) is 7.22. The summed E-state index contributed by atoms with van der Waals surface area (Å²) in [5.41, 5.74) is 1.36. The van der Waals surface area contributed by atoms with Crippen molar-refractivity contribution in [2.24, 2.45) is 0 Å². The van der Waals surface area contributed by atoms with Gasteiger partial charge in [0.15, 0.2) is 0 Å². The molecule has 0 radical (unpaired) electrons. The molecule has 3 rings (SSSR count). The Kier molecular flexibility index (Phi) is 7.41. The first-order chi connectivity index (χ1) is 12.2. The molecule has 0 saturated carbocycles. The first-order valence-electron chi connectivity index (χ1n) is 9.60. The number of likely N-dealkylation sites (tertiary alicyclic amines) is 1. The molecule has 2 fully saturated rings. The van der Waals surface area contributed by atoms with Gasteiger partial charge < -0.3 is 9.47 Å². The molecule has 0 unspecified atom stereocenters. The van der Waals surface area contributed by atoms with E-state index in [9.17, 15) is 0 Å². The molecule has 25 heavy (non-hydrogen) atoms. The summed E-state index contributed by atoms with van der Waals surface area (Å²) in [5, 5.41) is 0.